The first-order valence-corrected chi connectivity index (χ1v) is 2.05. The van der Waals surface area contributed by atoms with Gasteiger partial charge in [-0.25, -0.2) is 0 Å². The van der Waals surface area contributed by atoms with Crippen LogP contribution in [0.15, 0.2) is 0 Å². The third-order valence-electron chi connectivity index (χ3n) is 0.526. The van der Waals surface area contributed by atoms with Crippen molar-refractivity contribution in [2.24, 2.45) is 0 Å². The molecule has 0 saturated carbocycles. The molecule has 0 aliphatic rings. The molecule has 0 rings (SSSR count). The summed E-state index contributed by atoms with van der Waals surface area (Å²) in [4.78, 5) is 9.51. The molecule has 0 N–H and O–H groups in total. The first kappa shape index (κ1) is 5.67. The van der Waals surface area contributed by atoms with Gasteiger partial charge in [0.2, 0.25) is 0 Å². The molecule has 0 aromatic heterocycles. The number of carbonyl (C=O) groups excluding carboxylic acids is 1. The molecule has 0 bridgehead atoms. The molecule has 0 heterocycles. The van der Waals surface area contributed by atoms with E-state index in [1.807, 2.05) is 0 Å². The van der Waals surface area contributed by atoms with Crippen LogP contribution in [0.3, 0.4) is 0 Å². The lowest BCUT2D eigenvalue weighted by molar-refractivity contribution is -0.107. The van der Waals surface area contributed by atoms with Crippen molar-refractivity contribution in [3.63, 3.8) is 0 Å². The van der Waals surface area contributed by atoms with E-state index in [2.05, 4.69) is 0 Å². The van der Waals surface area contributed by atoms with E-state index in [4.69, 9.17) is 6.92 Å². The molecule has 0 fully saturated rings. The van der Waals surface area contributed by atoms with Crippen LogP contribution < -0.4 is 0 Å². The highest BCUT2D eigenvalue weighted by molar-refractivity contribution is 5.48. The van der Waals surface area contributed by atoms with E-state index in [0.29, 0.717) is 12.8 Å². The molecule has 2 radical (unpaired) electrons. The SMILES string of the molecule is [CH]CCCC=O. The Kier molecular flexibility index (Phi) is 4.41. The van der Waals surface area contributed by atoms with Gasteiger partial charge in [0.15, 0.2) is 0 Å². The van der Waals surface area contributed by atoms with Gasteiger partial charge in [0.25, 0.3) is 0 Å². The number of aldehydes is 1. The fraction of sp³-hybridized carbons (Fsp3) is 0.600. The standard InChI is InChI=1S/C5H8O/c1-2-3-4-5-6/h1,5H,2-4H2. The molecule has 0 spiro atoms. The Morgan fingerprint density at radius 3 is 2.50 bits per heavy atom. The molecule has 0 aliphatic heterocycles. The monoisotopic (exact) mass is 84.1 g/mol. The van der Waals surface area contributed by atoms with E-state index < -0.39 is 0 Å². The average Bonchev–Trinajstić information content (AvgIpc) is 1.61. The Morgan fingerprint density at radius 1 is 1.67 bits per heavy atom. The first-order valence-electron chi connectivity index (χ1n) is 2.05. The molecule has 0 aromatic carbocycles. The molecule has 0 amide bonds. The van der Waals surface area contributed by atoms with Crippen molar-refractivity contribution in [1.82, 2.24) is 0 Å². The van der Waals surface area contributed by atoms with Crippen LogP contribution in [0.5, 0.6) is 0 Å². The summed E-state index contributed by atoms with van der Waals surface area (Å²) in [5, 5.41) is 0. The lowest BCUT2D eigenvalue weighted by atomic mass is 10.3. The lowest BCUT2D eigenvalue weighted by Crippen LogP contribution is -1.70. The van der Waals surface area contributed by atoms with Crippen molar-refractivity contribution in [3.8, 4) is 0 Å². The summed E-state index contributed by atoms with van der Waals surface area (Å²) >= 11 is 0. The van der Waals surface area contributed by atoms with Gasteiger partial charge in [-0.2, -0.15) is 0 Å². The number of carbonyl (C=O) groups is 1. The molecular formula is C5H8O. The summed E-state index contributed by atoms with van der Waals surface area (Å²) in [6, 6.07) is 0. The smallest absolute Gasteiger partial charge is 0.119 e. The van der Waals surface area contributed by atoms with Crippen molar-refractivity contribution < 1.29 is 4.79 Å². The highest BCUT2D eigenvalue weighted by atomic mass is 16.1. The van der Waals surface area contributed by atoms with Crippen molar-refractivity contribution in [3.05, 3.63) is 6.92 Å². The van der Waals surface area contributed by atoms with E-state index >= 15 is 0 Å². The maximum Gasteiger partial charge on any atom is 0.119 e. The molecule has 0 aromatic rings. The Morgan fingerprint density at radius 2 is 2.33 bits per heavy atom. The van der Waals surface area contributed by atoms with E-state index in [1.165, 1.54) is 0 Å². The van der Waals surface area contributed by atoms with Crippen molar-refractivity contribution >= 4 is 6.29 Å². The van der Waals surface area contributed by atoms with Crippen LogP contribution in [0.25, 0.3) is 0 Å². The summed E-state index contributed by atoms with van der Waals surface area (Å²) in [5.74, 6) is 0. The minimum atomic E-state index is 0.608. The second-order valence-electron chi connectivity index (χ2n) is 1.10. The molecule has 1 nitrogen and oxygen atoms in total. The largest absolute Gasteiger partial charge is 0.303 e. The van der Waals surface area contributed by atoms with Crippen LogP contribution in [-0.2, 0) is 4.79 Å². The molecule has 1 heteroatoms. The van der Waals surface area contributed by atoms with Gasteiger partial charge >= 0.3 is 0 Å². The highest BCUT2D eigenvalue weighted by Gasteiger charge is 1.75. The first-order chi connectivity index (χ1) is 2.91. The van der Waals surface area contributed by atoms with Crippen molar-refractivity contribution in [2.45, 2.75) is 19.3 Å². The maximum atomic E-state index is 9.51. The van der Waals surface area contributed by atoms with Gasteiger partial charge in [0.05, 0.1) is 0 Å². The number of hydrogen-bond acceptors (Lipinski definition) is 1. The molecule has 0 atom stereocenters. The molecule has 0 aliphatic carbocycles. The van der Waals surface area contributed by atoms with Crippen molar-refractivity contribution in [2.75, 3.05) is 0 Å². The summed E-state index contributed by atoms with van der Waals surface area (Å²) in [6.45, 7) is 5.06. The van der Waals surface area contributed by atoms with Crippen LogP contribution in [0.1, 0.15) is 19.3 Å². The average molecular weight is 84.1 g/mol. The predicted octanol–water partition coefficient (Wildman–Crippen LogP) is 1.07. The molecule has 6 heavy (non-hydrogen) atoms. The van der Waals surface area contributed by atoms with Gasteiger partial charge in [-0.05, 0) is 19.8 Å². The normalized spacial score (nSPS) is 8.17. The Balaban J connectivity index is 2.49. The molecular weight excluding hydrogens is 76.1 g/mol. The van der Waals surface area contributed by atoms with Gasteiger partial charge < -0.3 is 4.79 Å². The van der Waals surface area contributed by atoms with Crippen LogP contribution in [0.4, 0.5) is 0 Å². The van der Waals surface area contributed by atoms with E-state index in [-0.39, 0.29) is 0 Å². The Bertz CT molecular complexity index is 32.9. The van der Waals surface area contributed by atoms with E-state index in [1.54, 1.807) is 0 Å². The Labute approximate surface area is 38.4 Å². The number of rotatable bonds is 3. The molecule has 0 unspecified atom stereocenters. The highest BCUT2D eigenvalue weighted by Crippen LogP contribution is 1.86. The van der Waals surface area contributed by atoms with Crippen LogP contribution >= 0.6 is 0 Å². The summed E-state index contributed by atoms with van der Waals surface area (Å²) in [7, 11) is 0. The number of hydrogen-bond donors (Lipinski definition) is 0. The second-order valence-corrected chi connectivity index (χ2v) is 1.10. The van der Waals surface area contributed by atoms with Gasteiger partial charge in [0.1, 0.15) is 6.29 Å². The molecule has 0 saturated heterocycles. The van der Waals surface area contributed by atoms with Crippen LogP contribution in [0, 0.1) is 6.92 Å². The Hall–Kier alpha value is -0.330. The third-order valence-corrected chi connectivity index (χ3v) is 0.526. The van der Waals surface area contributed by atoms with Crippen LogP contribution in [-0.4, -0.2) is 6.29 Å². The minimum absolute atomic E-state index is 0.608. The fourth-order valence-corrected chi connectivity index (χ4v) is 0.201. The summed E-state index contributed by atoms with van der Waals surface area (Å²) in [5.41, 5.74) is 0. The van der Waals surface area contributed by atoms with Crippen molar-refractivity contribution in [1.29, 1.82) is 0 Å². The summed E-state index contributed by atoms with van der Waals surface area (Å²) in [6.07, 6.45) is 2.94. The van der Waals surface area contributed by atoms with E-state index in [9.17, 15) is 4.79 Å². The topological polar surface area (TPSA) is 17.1 Å². The zero-order valence-electron chi connectivity index (χ0n) is 3.68. The lowest BCUT2D eigenvalue weighted by Gasteiger charge is -1.78. The maximum absolute atomic E-state index is 9.51. The fourth-order valence-electron chi connectivity index (χ4n) is 0.201. The zero-order valence-corrected chi connectivity index (χ0v) is 3.68. The van der Waals surface area contributed by atoms with Gasteiger partial charge in [-0.1, -0.05) is 0 Å². The minimum Gasteiger partial charge on any atom is -0.303 e. The van der Waals surface area contributed by atoms with Gasteiger partial charge in [-0.3, -0.25) is 0 Å². The zero-order chi connectivity index (χ0) is 4.83. The summed E-state index contributed by atoms with van der Waals surface area (Å²) < 4.78 is 0. The number of unbranched alkanes of at least 4 members (excludes halogenated alkanes) is 2. The predicted molar refractivity (Wildman–Crippen MR) is 24.2 cm³/mol. The third kappa shape index (κ3) is 3.67. The van der Waals surface area contributed by atoms with Gasteiger partial charge in [-0.15, -0.1) is 0 Å². The quantitative estimate of drug-likeness (QED) is 0.369. The van der Waals surface area contributed by atoms with Gasteiger partial charge in [0, 0.05) is 6.42 Å². The van der Waals surface area contributed by atoms with E-state index in [0.717, 1.165) is 12.7 Å². The van der Waals surface area contributed by atoms with Crippen LogP contribution in [0.2, 0.25) is 0 Å². The molecule has 34 valence electrons. The second kappa shape index (κ2) is 4.67.